The fraction of sp³-hybridized carbons (Fsp3) is 0.143. The Balaban J connectivity index is 1.93. The topological polar surface area (TPSA) is 82.5 Å². The van der Waals surface area contributed by atoms with Crippen molar-refractivity contribution in [2.24, 2.45) is 0 Å². The Labute approximate surface area is 126 Å². The number of nitrogens with two attached hydrogens (primary N) is 1. The average Bonchev–Trinajstić information content (AvgIpc) is 2.96. The molecule has 0 aliphatic rings. The second-order valence-electron chi connectivity index (χ2n) is 4.59. The largest absolute Gasteiger partial charge is 0.368 e. The summed E-state index contributed by atoms with van der Waals surface area (Å²) >= 11 is 1.46. The van der Waals surface area contributed by atoms with Crippen LogP contribution in [0.3, 0.4) is 0 Å². The highest BCUT2D eigenvalue weighted by Gasteiger charge is 2.08. The molecule has 2 N–H and O–H groups in total. The van der Waals surface area contributed by atoms with Crippen molar-refractivity contribution in [2.45, 2.75) is 23.9 Å². The summed E-state index contributed by atoms with van der Waals surface area (Å²) in [6.45, 7) is 4.17. The minimum atomic E-state index is 0.194. The molecule has 0 radical (unpaired) electrons. The quantitative estimate of drug-likeness (QED) is 0.799. The van der Waals surface area contributed by atoms with Gasteiger partial charge in [-0.15, -0.1) is 0 Å². The van der Waals surface area contributed by atoms with E-state index in [1.807, 2.05) is 6.07 Å². The van der Waals surface area contributed by atoms with E-state index in [9.17, 15) is 0 Å². The van der Waals surface area contributed by atoms with E-state index in [2.05, 4.69) is 45.9 Å². The molecule has 0 aliphatic carbocycles. The van der Waals surface area contributed by atoms with Crippen LogP contribution in [0.25, 0.3) is 5.95 Å². The number of benzene rings is 1. The second kappa shape index (κ2) is 5.53. The lowest BCUT2D eigenvalue weighted by atomic mass is 10.1. The third-order valence-electron chi connectivity index (χ3n) is 3.04. The zero-order valence-corrected chi connectivity index (χ0v) is 12.5. The SMILES string of the molecule is Cc1ccc(Sc2nc(N)nc(-n3ccnc3)n2)cc1C. The van der Waals surface area contributed by atoms with Gasteiger partial charge in [-0.05, 0) is 48.9 Å². The Bertz CT molecular complexity index is 769. The molecule has 0 amide bonds. The third kappa shape index (κ3) is 3.03. The Morgan fingerprint density at radius 1 is 1.10 bits per heavy atom. The number of imidazole rings is 1. The Hall–Kier alpha value is -2.41. The first-order valence-corrected chi connectivity index (χ1v) is 7.18. The standard InChI is InChI=1S/C14H14N6S/c1-9-3-4-11(7-10(9)2)21-14-18-12(15)17-13(19-14)20-6-5-16-8-20/h3-8H,1-2H3,(H2,15,17,18,19). The van der Waals surface area contributed by atoms with Gasteiger partial charge in [0.1, 0.15) is 6.33 Å². The molecular weight excluding hydrogens is 284 g/mol. The highest BCUT2D eigenvalue weighted by Crippen LogP contribution is 2.27. The van der Waals surface area contributed by atoms with Gasteiger partial charge in [-0.3, -0.25) is 4.57 Å². The first kappa shape index (κ1) is 13.6. The van der Waals surface area contributed by atoms with Gasteiger partial charge in [-0.2, -0.15) is 15.0 Å². The van der Waals surface area contributed by atoms with E-state index in [4.69, 9.17) is 5.73 Å². The van der Waals surface area contributed by atoms with E-state index in [1.165, 1.54) is 22.9 Å². The molecule has 2 heterocycles. The molecule has 3 rings (SSSR count). The molecule has 0 spiro atoms. The van der Waals surface area contributed by atoms with Crippen LogP contribution in [0.4, 0.5) is 5.95 Å². The van der Waals surface area contributed by atoms with Crippen molar-refractivity contribution in [3.05, 3.63) is 48.0 Å². The summed E-state index contributed by atoms with van der Waals surface area (Å²) in [4.78, 5) is 17.7. The van der Waals surface area contributed by atoms with Gasteiger partial charge in [0.2, 0.25) is 11.9 Å². The fourth-order valence-electron chi connectivity index (χ4n) is 1.78. The number of nitrogens with zero attached hydrogens (tertiary/aromatic N) is 5. The Kier molecular flexibility index (Phi) is 3.57. The third-order valence-corrected chi connectivity index (χ3v) is 3.90. The van der Waals surface area contributed by atoms with Crippen LogP contribution in [0.2, 0.25) is 0 Å². The van der Waals surface area contributed by atoms with Crippen LogP contribution in [0.15, 0.2) is 47.0 Å². The fourth-order valence-corrected chi connectivity index (χ4v) is 2.63. The summed E-state index contributed by atoms with van der Waals surface area (Å²) in [5.41, 5.74) is 8.26. The van der Waals surface area contributed by atoms with Crippen molar-refractivity contribution >= 4 is 17.7 Å². The minimum Gasteiger partial charge on any atom is -0.368 e. The molecule has 0 saturated heterocycles. The summed E-state index contributed by atoms with van der Waals surface area (Å²) in [6, 6.07) is 6.24. The van der Waals surface area contributed by atoms with Crippen molar-refractivity contribution in [1.82, 2.24) is 24.5 Å². The average molecular weight is 298 g/mol. The molecule has 0 unspecified atom stereocenters. The minimum absolute atomic E-state index is 0.194. The maximum absolute atomic E-state index is 5.76. The zero-order valence-electron chi connectivity index (χ0n) is 11.7. The molecule has 7 heteroatoms. The molecule has 0 fully saturated rings. The number of hydrogen-bond donors (Lipinski definition) is 1. The molecule has 0 aliphatic heterocycles. The predicted molar refractivity (Wildman–Crippen MR) is 81.4 cm³/mol. The summed E-state index contributed by atoms with van der Waals surface area (Å²) in [5.74, 6) is 0.659. The lowest BCUT2D eigenvalue weighted by Gasteiger charge is -2.06. The molecule has 0 atom stereocenters. The molecule has 2 aromatic heterocycles. The van der Waals surface area contributed by atoms with E-state index >= 15 is 0 Å². The van der Waals surface area contributed by atoms with E-state index in [0.717, 1.165) is 4.90 Å². The monoisotopic (exact) mass is 298 g/mol. The number of nitrogen functional groups attached to an aromatic ring is 1. The number of aromatic nitrogens is 5. The van der Waals surface area contributed by atoms with E-state index in [1.54, 1.807) is 23.3 Å². The lowest BCUT2D eigenvalue weighted by Crippen LogP contribution is -2.05. The maximum atomic E-state index is 5.76. The van der Waals surface area contributed by atoms with Gasteiger partial charge in [0.25, 0.3) is 0 Å². The van der Waals surface area contributed by atoms with Gasteiger partial charge in [0.15, 0.2) is 5.16 Å². The molecule has 1 aromatic carbocycles. The number of hydrogen-bond acceptors (Lipinski definition) is 6. The van der Waals surface area contributed by atoms with Crippen LogP contribution in [0.5, 0.6) is 0 Å². The number of aryl methyl sites for hydroxylation is 2. The first-order chi connectivity index (χ1) is 10.1. The molecule has 21 heavy (non-hydrogen) atoms. The second-order valence-corrected chi connectivity index (χ2v) is 5.63. The molecular formula is C14H14N6S. The van der Waals surface area contributed by atoms with E-state index in [-0.39, 0.29) is 5.95 Å². The van der Waals surface area contributed by atoms with Crippen molar-refractivity contribution in [2.75, 3.05) is 5.73 Å². The van der Waals surface area contributed by atoms with Gasteiger partial charge >= 0.3 is 0 Å². The van der Waals surface area contributed by atoms with Gasteiger partial charge in [-0.1, -0.05) is 6.07 Å². The Morgan fingerprint density at radius 3 is 2.67 bits per heavy atom. The molecule has 106 valence electrons. The Morgan fingerprint density at radius 2 is 1.95 bits per heavy atom. The molecule has 0 saturated carbocycles. The van der Waals surface area contributed by atoms with Crippen molar-refractivity contribution in [3.8, 4) is 5.95 Å². The number of rotatable bonds is 3. The van der Waals surface area contributed by atoms with E-state index < -0.39 is 0 Å². The van der Waals surface area contributed by atoms with Crippen LogP contribution in [-0.2, 0) is 0 Å². The van der Waals surface area contributed by atoms with E-state index in [0.29, 0.717) is 11.1 Å². The molecule has 6 nitrogen and oxygen atoms in total. The smallest absolute Gasteiger partial charge is 0.240 e. The van der Waals surface area contributed by atoms with Crippen molar-refractivity contribution in [1.29, 1.82) is 0 Å². The summed E-state index contributed by atoms with van der Waals surface area (Å²) in [5, 5.41) is 0.564. The highest BCUT2D eigenvalue weighted by molar-refractivity contribution is 7.99. The summed E-state index contributed by atoms with van der Waals surface area (Å²) in [6.07, 6.45) is 5.05. The van der Waals surface area contributed by atoms with Crippen LogP contribution in [-0.4, -0.2) is 24.5 Å². The van der Waals surface area contributed by atoms with Gasteiger partial charge in [-0.25, -0.2) is 4.98 Å². The van der Waals surface area contributed by atoms with Gasteiger partial charge in [0, 0.05) is 17.3 Å². The maximum Gasteiger partial charge on any atom is 0.240 e. The zero-order chi connectivity index (χ0) is 14.8. The van der Waals surface area contributed by atoms with Crippen LogP contribution >= 0.6 is 11.8 Å². The first-order valence-electron chi connectivity index (χ1n) is 6.37. The van der Waals surface area contributed by atoms with Crippen molar-refractivity contribution in [3.63, 3.8) is 0 Å². The van der Waals surface area contributed by atoms with Crippen LogP contribution < -0.4 is 5.73 Å². The van der Waals surface area contributed by atoms with Crippen LogP contribution in [0.1, 0.15) is 11.1 Å². The predicted octanol–water partition coefficient (Wildman–Crippen LogP) is 2.41. The lowest BCUT2D eigenvalue weighted by molar-refractivity contribution is 0.832. The highest BCUT2D eigenvalue weighted by atomic mass is 32.2. The normalized spacial score (nSPS) is 10.8. The number of anilines is 1. The summed E-state index contributed by atoms with van der Waals surface area (Å²) in [7, 11) is 0. The van der Waals surface area contributed by atoms with Crippen LogP contribution in [0, 0.1) is 13.8 Å². The summed E-state index contributed by atoms with van der Waals surface area (Å²) < 4.78 is 1.70. The van der Waals surface area contributed by atoms with Gasteiger partial charge in [0.05, 0.1) is 0 Å². The molecule has 3 aromatic rings. The molecule has 0 bridgehead atoms. The van der Waals surface area contributed by atoms with Crippen molar-refractivity contribution < 1.29 is 0 Å². The van der Waals surface area contributed by atoms with Gasteiger partial charge < -0.3 is 5.73 Å².